The van der Waals surface area contributed by atoms with Crippen LogP contribution in [0.15, 0.2) is 0 Å². The monoisotopic (exact) mass is 287 g/mol. The van der Waals surface area contributed by atoms with Gasteiger partial charge >= 0.3 is 18.0 Å². The van der Waals surface area contributed by atoms with Crippen molar-refractivity contribution in [3.8, 4) is 0 Å². The molecule has 0 aromatic carbocycles. The van der Waals surface area contributed by atoms with Crippen molar-refractivity contribution in [3.05, 3.63) is 0 Å². The van der Waals surface area contributed by atoms with E-state index in [9.17, 15) is 14.4 Å². The molecule has 1 fully saturated rings. The molecule has 0 saturated carbocycles. The first kappa shape index (κ1) is 16.2. The first-order chi connectivity index (χ1) is 9.35. The Balaban J connectivity index is 2.60. The second-order valence-corrected chi connectivity index (χ2v) is 4.93. The van der Waals surface area contributed by atoms with Gasteiger partial charge in [0, 0.05) is 25.7 Å². The Morgan fingerprint density at radius 1 is 1.30 bits per heavy atom. The summed E-state index contributed by atoms with van der Waals surface area (Å²) >= 11 is 0. The molecule has 8 heteroatoms. The summed E-state index contributed by atoms with van der Waals surface area (Å²) in [7, 11) is 1.98. The Morgan fingerprint density at radius 2 is 1.95 bits per heavy atom. The smallest absolute Gasteiger partial charge is 0.326 e. The predicted octanol–water partition coefficient (Wildman–Crippen LogP) is -0.350. The first-order valence-corrected chi connectivity index (χ1v) is 6.55. The zero-order valence-electron chi connectivity index (χ0n) is 11.7. The molecule has 1 saturated heterocycles. The quantitative estimate of drug-likeness (QED) is 0.637. The Labute approximate surface area is 117 Å². The summed E-state index contributed by atoms with van der Waals surface area (Å²) in [5.41, 5.74) is 0. The molecule has 3 N–H and O–H groups in total. The number of nitrogens with zero attached hydrogens (tertiary/aromatic N) is 2. The lowest BCUT2D eigenvalue weighted by Crippen LogP contribution is -2.57. The molecule has 1 rings (SSSR count). The van der Waals surface area contributed by atoms with Crippen LogP contribution < -0.4 is 5.32 Å². The van der Waals surface area contributed by atoms with Crippen LogP contribution in [-0.2, 0) is 9.59 Å². The van der Waals surface area contributed by atoms with E-state index in [0.717, 1.165) is 6.42 Å². The van der Waals surface area contributed by atoms with Crippen LogP contribution in [0.5, 0.6) is 0 Å². The van der Waals surface area contributed by atoms with E-state index in [1.165, 1.54) is 4.90 Å². The average molecular weight is 287 g/mol. The van der Waals surface area contributed by atoms with E-state index < -0.39 is 30.4 Å². The third-order valence-electron chi connectivity index (χ3n) is 3.51. The Kier molecular flexibility index (Phi) is 5.75. The molecule has 20 heavy (non-hydrogen) atoms. The van der Waals surface area contributed by atoms with E-state index >= 15 is 0 Å². The second-order valence-electron chi connectivity index (χ2n) is 4.93. The zero-order chi connectivity index (χ0) is 15.3. The minimum atomic E-state index is -1.40. The zero-order valence-corrected chi connectivity index (χ0v) is 11.7. The average Bonchev–Trinajstić information content (AvgIpc) is 2.37. The van der Waals surface area contributed by atoms with Gasteiger partial charge in [-0.3, -0.25) is 9.69 Å². The second kappa shape index (κ2) is 7.09. The molecule has 0 spiro atoms. The first-order valence-electron chi connectivity index (χ1n) is 6.55. The van der Waals surface area contributed by atoms with E-state index in [4.69, 9.17) is 10.2 Å². The summed E-state index contributed by atoms with van der Waals surface area (Å²) in [5.74, 6) is -2.61. The minimum absolute atomic E-state index is 0.234. The third-order valence-corrected chi connectivity index (χ3v) is 3.51. The molecule has 1 heterocycles. The molecular weight excluding hydrogens is 266 g/mol. The van der Waals surface area contributed by atoms with Crippen LogP contribution in [0.4, 0.5) is 4.79 Å². The van der Waals surface area contributed by atoms with Gasteiger partial charge in [0.2, 0.25) is 0 Å². The van der Waals surface area contributed by atoms with Crippen LogP contribution in [0.2, 0.25) is 0 Å². The predicted molar refractivity (Wildman–Crippen MR) is 70.5 cm³/mol. The number of aliphatic carboxylic acids is 2. The van der Waals surface area contributed by atoms with Crippen molar-refractivity contribution in [2.45, 2.75) is 31.8 Å². The van der Waals surface area contributed by atoms with Gasteiger partial charge in [0.05, 0.1) is 6.42 Å². The van der Waals surface area contributed by atoms with Gasteiger partial charge in [0.1, 0.15) is 6.04 Å². The van der Waals surface area contributed by atoms with Crippen molar-refractivity contribution >= 4 is 18.0 Å². The van der Waals surface area contributed by atoms with Crippen LogP contribution in [-0.4, -0.2) is 76.7 Å². The lowest BCUT2D eigenvalue weighted by molar-refractivity contribution is -0.145. The molecule has 0 aromatic heterocycles. The van der Waals surface area contributed by atoms with E-state index in [0.29, 0.717) is 19.6 Å². The molecular formula is C12H21N3O5. The van der Waals surface area contributed by atoms with Crippen molar-refractivity contribution in [3.63, 3.8) is 0 Å². The number of hydrogen-bond acceptors (Lipinski definition) is 4. The fraction of sp³-hybridized carbons (Fsp3) is 0.750. The maximum Gasteiger partial charge on any atom is 0.326 e. The van der Waals surface area contributed by atoms with Gasteiger partial charge in [-0.15, -0.1) is 0 Å². The summed E-state index contributed by atoms with van der Waals surface area (Å²) in [4.78, 5) is 37.2. The van der Waals surface area contributed by atoms with Gasteiger partial charge < -0.3 is 20.4 Å². The topological polar surface area (TPSA) is 110 Å². The summed E-state index contributed by atoms with van der Waals surface area (Å²) in [6.07, 6.45) is 0.254. The standard InChI is InChI=1S/C12H21N3O5/c1-3-8-7-15(5-4-14(8)2)12(20)13-9(11(18)19)6-10(16)17/h8-9H,3-7H2,1-2H3,(H,13,20)(H,16,17)(H,18,19). The number of hydrogen-bond donors (Lipinski definition) is 3. The van der Waals surface area contributed by atoms with Gasteiger partial charge in [-0.05, 0) is 13.5 Å². The number of likely N-dealkylation sites (N-methyl/N-ethyl adjacent to an activating group) is 1. The van der Waals surface area contributed by atoms with Gasteiger partial charge in [0.25, 0.3) is 0 Å². The number of carbonyl (C=O) groups excluding carboxylic acids is 1. The highest BCUT2D eigenvalue weighted by atomic mass is 16.4. The Morgan fingerprint density at radius 3 is 2.45 bits per heavy atom. The van der Waals surface area contributed by atoms with Gasteiger partial charge in [-0.25, -0.2) is 9.59 Å². The van der Waals surface area contributed by atoms with E-state index in [-0.39, 0.29) is 6.04 Å². The van der Waals surface area contributed by atoms with Crippen LogP contribution in [0.25, 0.3) is 0 Å². The molecule has 2 atom stereocenters. The van der Waals surface area contributed by atoms with Crippen LogP contribution in [0, 0.1) is 0 Å². The summed E-state index contributed by atoms with van der Waals surface area (Å²) in [6, 6.07) is -1.69. The van der Waals surface area contributed by atoms with Crippen molar-refractivity contribution in [1.29, 1.82) is 0 Å². The Bertz CT molecular complexity index is 387. The highest BCUT2D eigenvalue weighted by Crippen LogP contribution is 2.11. The number of urea groups is 1. The maximum absolute atomic E-state index is 12.0. The highest BCUT2D eigenvalue weighted by Gasteiger charge is 2.29. The number of rotatable bonds is 5. The Hall–Kier alpha value is -1.83. The molecule has 1 aliphatic heterocycles. The van der Waals surface area contributed by atoms with Crippen LogP contribution >= 0.6 is 0 Å². The lowest BCUT2D eigenvalue weighted by Gasteiger charge is -2.39. The molecule has 0 aromatic rings. The van der Waals surface area contributed by atoms with E-state index in [1.54, 1.807) is 0 Å². The molecule has 1 aliphatic rings. The van der Waals surface area contributed by atoms with Crippen molar-refractivity contribution in [2.24, 2.45) is 0 Å². The van der Waals surface area contributed by atoms with Crippen LogP contribution in [0.3, 0.4) is 0 Å². The molecule has 0 bridgehead atoms. The van der Waals surface area contributed by atoms with Crippen molar-refractivity contribution in [1.82, 2.24) is 15.1 Å². The van der Waals surface area contributed by atoms with Gasteiger partial charge in [-0.1, -0.05) is 6.92 Å². The van der Waals surface area contributed by atoms with Crippen molar-refractivity contribution < 1.29 is 24.6 Å². The molecule has 2 amide bonds. The number of nitrogens with one attached hydrogen (secondary N) is 1. The SMILES string of the molecule is CCC1CN(C(=O)NC(CC(=O)O)C(=O)O)CCN1C. The van der Waals surface area contributed by atoms with Crippen LogP contribution in [0.1, 0.15) is 19.8 Å². The highest BCUT2D eigenvalue weighted by molar-refractivity contribution is 5.86. The lowest BCUT2D eigenvalue weighted by atomic mass is 10.1. The summed E-state index contributed by atoms with van der Waals surface area (Å²) < 4.78 is 0. The minimum Gasteiger partial charge on any atom is -0.481 e. The molecule has 0 radical (unpaired) electrons. The summed E-state index contributed by atoms with van der Waals surface area (Å²) in [6.45, 7) is 3.74. The van der Waals surface area contributed by atoms with E-state index in [1.807, 2.05) is 14.0 Å². The fourth-order valence-corrected chi connectivity index (χ4v) is 2.19. The summed E-state index contributed by atoms with van der Waals surface area (Å²) in [5, 5.41) is 19.8. The van der Waals surface area contributed by atoms with Crippen molar-refractivity contribution in [2.75, 3.05) is 26.7 Å². The normalized spacial score (nSPS) is 21.3. The number of piperazine rings is 1. The fourth-order valence-electron chi connectivity index (χ4n) is 2.19. The maximum atomic E-state index is 12.0. The van der Waals surface area contributed by atoms with Gasteiger partial charge in [0.15, 0.2) is 0 Å². The number of carboxylic acids is 2. The molecule has 8 nitrogen and oxygen atoms in total. The molecule has 0 aliphatic carbocycles. The number of carboxylic acid groups (broad SMARTS) is 2. The number of carbonyl (C=O) groups is 3. The van der Waals surface area contributed by atoms with E-state index in [2.05, 4.69) is 10.2 Å². The third kappa shape index (κ3) is 4.37. The number of amides is 2. The largest absolute Gasteiger partial charge is 0.481 e. The molecule has 2 unspecified atom stereocenters. The molecule has 114 valence electrons. The van der Waals surface area contributed by atoms with Gasteiger partial charge in [-0.2, -0.15) is 0 Å².